The van der Waals surface area contributed by atoms with Crippen LogP contribution < -0.4 is 5.56 Å². The quantitative estimate of drug-likeness (QED) is 0.537. The van der Waals surface area contributed by atoms with Crippen molar-refractivity contribution in [2.24, 2.45) is 0 Å². The van der Waals surface area contributed by atoms with Gasteiger partial charge in [-0.1, -0.05) is 11.8 Å². The predicted octanol–water partition coefficient (Wildman–Crippen LogP) is 3.15. The summed E-state index contributed by atoms with van der Waals surface area (Å²) in [6, 6.07) is 8.69. The van der Waals surface area contributed by atoms with Crippen LogP contribution in [-0.2, 0) is 22.4 Å². The Labute approximate surface area is 171 Å². The summed E-state index contributed by atoms with van der Waals surface area (Å²) in [4.78, 5) is 17.7. The molecule has 30 heavy (non-hydrogen) atoms. The highest BCUT2D eigenvalue weighted by molar-refractivity contribution is 5.79. The monoisotopic (exact) mass is 408 g/mol. The van der Waals surface area contributed by atoms with Crippen LogP contribution in [0.5, 0.6) is 0 Å². The normalized spacial score (nSPS) is 17.4. The molecule has 7 heteroatoms. The number of nitrogens with zero attached hydrogens (tertiary/aromatic N) is 2. The first-order chi connectivity index (χ1) is 14.5. The Morgan fingerprint density at radius 1 is 0.967 bits per heavy atom. The van der Waals surface area contributed by atoms with Gasteiger partial charge in [-0.25, -0.2) is 13.8 Å². The van der Waals surface area contributed by atoms with E-state index in [0.29, 0.717) is 66.9 Å². The van der Waals surface area contributed by atoms with Gasteiger partial charge in [-0.15, -0.1) is 0 Å². The summed E-state index contributed by atoms with van der Waals surface area (Å²) in [5.74, 6) is 3.97. The predicted molar refractivity (Wildman–Crippen MR) is 106 cm³/mol. The molecule has 0 unspecified atom stereocenters. The molecule has 5 nitrogen and oxygen atoms in total. The van der Waals surface area contributed by atoms with Crippen LogP contribution in [0.15, 0.2) is 41.2 Å². The van der Waals surface area contributed by atoms with Crippen molar-refractivity contribution in [3.05, 3.63) is 75.3 Å². The van der Waals surface area contributed by atoms with E-state index >= 15 is 0 Å². The summed E-state index contributed by atoms with van der Waals surface area (Å²) in [5, 5.41) is 0.515. The highest BCUT2D eigenvalue weighted by Gasteiger charge is 2.38. The van der Waals surface area contributed by atoms with Gasteiger partial charge in [-0.05, 0) is 36.4 Å². The molecule has 0 amide bonds. The topological polar surface area (TPSA) is 53.4 Å². The number of hydrogen-bond donors (Lipinski definition) is 0. The van der Waals surface area contributed by atoms with Crippen molar-refractivity contribution in [2.75, 3.05) is 13.2 Å². The van der Waals surface area contributed by atoms with Gasteiger partial charge in [0.05, 0.1) is 24.1 Å². The molecule has 1 fully saturated rings. The van der Waals surface area contributed by atoms with E-state index in [1.165, 1.54) is 6.07 Å². The van der Waals surface area contributed by atoms with Crippen molar-refractivity contribution in [3.63, 3.8) is 0 Å². The second-order valence-electron chi connectivity index (χ2n) is 7.45. The molecule has 0 aliphatic carbocycles. The molecule has 1 saturated heterocycles. The van der Waals surface area contributed by atoms with Crippen molar-refractivity contribution >= 4 is 10.9 Å². The smallest absolute Gasteiger partial charge is 0.261 e. The molecule has 3 aromatic rings. The van der Waals surface area contributed by atoms with Crippen LogP contribution in [0, 0.1) is 23.5 Å². The van der Waals surface area contributed by atoms with Crippen LogP contribution in [0.4, 0.5) is 8.78 Å². The zero-order valence-corrected chi connectivity index (χ0v) is 16.1. The van der Waals surface area contributed by atoms with Crippen molar-refractivity contribution in [2.45, 2.75) is 31.6 Å². The fraction of sp³-hybridized carbons (Fsp3) is 0.304. The molecule has 152 valence electrons. The van der Waals surface area contributed by atoms with E-state index < -0.39 is 17.4 Å². The molecule has 0 N–H and O–H groups in total. The number of ether oxygens (including phenoxy) is 2. The maximum absolute atomic E-state index is 13.4. The molecule has 0 radical (unpaired) electrons. The number of aromatic nitrogens is 2. The highest BCUT2D eigenvalue weighted by atomic mass is 19.2. The molecule has 2 aliphatic heterocycles. The van der Waals surface area contributed by atoms with Crippen molar-refractivity contribution < 1.29 is 18.3 Å². The van der Waals surface area contributed by atoms with E-state index in [0.717, 1.165) is 12.1 Å². The van der Waals surface area contributed by atoms with Gasteiger partial charge in [-0.3, -0.25) is 9.36 Å². The minimum absolute atomic E-state index is 0.0924. The Kier molecular flexibility index (Phi) is 4.61. The Morgan fingerprint density at radius 3 is 2.47 bits per heavy atom. The molecule has 0 bridgehead atoms. The van der Waals surface area contributed by atoms with E-state index in [9.17, 15) is 13.6 Å². The number of benzene rings is 2. The van der Waals surface area contributed by atoms with Gasteiger partial charge in [0.2, 0.25) is 0 Å². The van der Waals surface area contributed by atoms with E-state index in [4.69, 9.17) is 14.5 Å². The van der Waals surface area contributed by atoms with Crippen molar-refractivity contribution in [1.82, 2.24) is 9.55 Å². The Balaban J connectivity index is 1.50. The van der Waals surface area contributed by atoms with Crippen LogP contribution in [0.2, 0.25) is 0 Å². The minimum Gasteiger partial charge on any atom is -0.347 e. The van der Waals surface area contributed by atoms with Crippen LogP contribution in [0.3, 0.4) is 0 Å². The SMILES string of the molecule is O=c1c2ccc(C#Cc3ccc(F)c(F)c3)cc2nc2n1CCC1(CC2)OCCO1. The third-order valence-electron chi connectivity index (χ3n) is 5.56. The largest absolute Gasteiger partial charge is 0.347 e. The average Bonchev–Trinajstić information content (AvgIpc) is 3.13. The van der Waals surface area contributed by atoms with E-state index in [1.54, 1.807) is 22.8 Å². The van der Waals surface area contributed by atoms with Crippen molar-refractivity contribution in [3.8, 4) is 11.8 Å². The zero-order valence-electron chi connectivity index (χ0n) is 16.1. The van der Waals surface area contributed by atoms with Gasteiger partial charge in [0.25, 0.3) is 5.56 Å². The maximum Gasteiger partial charge on any atom is 0.261 e. The molecule has 2 aromatic carbocycles. The molecule has 5 rings (SSSR count). The van der Waals surface area contributed by atoms with E-state index in [1.807, 2.05) is 0 Å². The number of aryl methyl sites for hydroxylation is 1. The molecule has 3 heterocycles. The zero-order chi connectivity index (χ0) is 20.7. The van der Waals surface area contributed by atoms with Crippen LogP contribution in [-0.4, -0.2) is 28.6 Å². The number of hydrogen-bond acceptors (Lipinski definition) is 4. The van der Waals surface area contributed by atoms with Gasteiger partial charge in [-0.2, -0.15) is 0 Å². The third kappa shape index (κ3) is 3.38. The minimum atomic E-state index is -0.939. The average molecular weight is 408 g/mol. The molecule has 0 saturated carbocycles. The highest BCUT2D eigenvalue weighted by Crippen LogP contribution is 2.31. The lowest BCUT2D eigenvalue weighted by molar-refractivity contribution is -0.165. The van der Waals surface area contributed by atoms with E-state index in [-0.39, 0.29) is 5.56 Å². The van der Waals surface area contributed by atoms with Gasteiger partial charge in [0.1, 0.15) is 5.82 Å². The fourth-order valence-corrected chi connectivity index (χ4v) is 3.98. The molecular weight excluding hydrogens is 390 g/mol. The van der Waals surface area contributed by atoms with Gasteiger partial charge in [0.15, 0.2) is 17.4 Å². The first-order valence-corrected chi connectivity index (χ1v) is 9.82. The Hall–Kier alpha value is -3.08. The van der Waals surface area contributed by atoms with Gasteiger partial charge in [0, 0.05) is 36.9 Å². The Morgan fingerprint density at radius 2 is 1.70 bits per heavy atom. The second kappa shape index (κ2) is 7.31. The van der Waals surface area contributed by atoms with Crippen LogP contribution >= 0.6 is 0 Å². The summed E-state index contributed by atoms with van der Waals surface area (Å²) in [6.45, 7) is 1.63. The van der Waals surface area contributed by atoms with Gasteiger partial charge >= 0.3 is 0 Å². The van der Waals surface area contributed by atoms with E-state index in [2.05, 4.69) is 11.8 Å². The molecular formula is C23H18F2N2O3. The molecule has 0 atom stereocenters. The fourth-order valence-electron chi connectivity index (χ4n) is 3.98. The number of rotatable bonds is 0. The standard InChI is InChI=1S/C23H18F2N2O3/c24-18-6-4-15(13-19(18)25)1-2-16-3-5-17-20(14-16)26-21-7-8-23(29-11-12-30-23)9-10-27(21)22(17)28/h3-6,13-14H,7-12H2. The lowest BCUT2D eigenvalue weighted by Crippen LogP contribution is -2.31. The molecule has 2 aliphatic rings. The summed E-state index contributed by atoms with van der Waals surface area (Å²) in [6.07, 6.45) is 1.85. The maximum atomic E-state index is 13.4. The summed E-state index contributed by atoms with van der Waals surface area (Å²) in [5.41, 5.74) is 1.47. The first-order valence-electron chi connectivity index (χ1n) is 9.82. The first kappa shape index (κ1) is 18.9. The molecule has 1 aromatic heterocycles. The van der Waals surface area contributed by atoms with Crippen LogP contribution in [0.25, 0.3) is 10.9 Å². The molecule has 1 spiro atoms. The lowest BCUT2D eigenvalue weighted by Gasteiger charge is -2.24. The third-order valence-corrected chi connectivity index (χ3v) is 5.56. The Bertz CT molecular complexity index is 1270. The lowest BCUT2D eigenvalue weighted by atomic mass is 10.1. The second-order valence-corrected chi connectivity index (χ2v) is 7.45. The summed E-state index contributed by atoms with van der Waals surface area (Å²) in [7, 11) is 0. The summed E-state index contributed by atoms with van der Waals surface area (Å²) < 4.78 is 39.7. The number of halogens is 2. The van der Waals surface area contributed by atoms with Crippen molar-refractivity contribution in [1.29, 1.82) is 0 Å². The van der Waals surface area contributed by atoms with Gasteiger partial charge < -0.3 is 9.47 Å². The summed E-state index contributed by atoms with van der Waals surface area (Å²) >= 11 is 0. The van der Waals surface area contributed by atoms with Crippen LogP contribution in [0.1, 0.15) is 29.8 Å². The number of fused-ring (bicyclic) bond motifs is 2.